The molecule has 1 heterocycles. The third-order valence-corrected chi connectivity index (χ3v) is 2.82. The van der Waals surface area contributed by atoms with E-state index in [2.05, 4.69) is 10.4 Å². The SMILES string of the molecule is CCc1c(C(=O)NC(CF)C(=O)O)cnn1CC(C)C. The monoisotopic (exact) mass is 285 g/mol. The number of hydrogen-bond acceptors (Lipinski definition) is 3. The smallest absolute Gasteiger partial charge is 0.328 e. The van der Waals surface area contributed by atoms with Crippen molar-refractivity contribution in [1.29, 1.82) is 0 Å². The fraction of sp³-hybridized carbons (Fsp3) is 0.615. The second-order valence-corrected chi connectivity index (χ2v) is 4.95. The minimum atomic E-state index is -1.53. The Morgan fingerprint density at radius 1 is 1.50 bits per heavy atom. The summed E-state index contributed by atoms with van der Waals surface area (Å²) in [5, 5.41) is 15.0. The van der Waals surface area contributed by atoms with Crippen LogP contribution in [-0.4, -0.2) is 39.5 Å². The molecule has 0 bridgehead atoms. The van der Waals surface area contributed by atoms with Gasteiger partial charge >= 0.3 is 5.97 Å². The molecule has 1 aromatic rings. The number of nitrogens with zero attached hydrogens (tertiary/aromatic N) is 2. The summed E-state index contributed by atoms with van der Waals surface area (Å²) in [5.74, 6) is -1.64. The van der Waals surface area contributed by atoms with E-state index in [4.69, 9.17) is 5.11 Å². The molecule has 1 aromatic heterocycles. The standard InChI is InChI=1S/C13H20FN3O3/c1-4-11-9(6-15-17(11)7-8(2)3)12(18)16-10(5-14)13(19)20/h6,8,10H,4-5,7H2,1-3H3,(H,16,18)(H,19,20). The van der Waals surface area contributed by atoms with Crippen molar-refractivity contribution in [3.8, 4) is 0 Å². The van der Waals surface area contributed by atoms with Gasteiger partial charge in [0.15, 0.2) is 6.04 Å². The van der Waals surface area contributed by atoms with Crippen molar-refractivity contribution in [1.82, 2.24) is 15.1 Å². The zero-order valence-corrected chi connectivity index (χ0v) is 11.9. The summed E-state index contributed by atoms with van der Waals surface area (Å²) in [6.07, 6.45) is 1.98. The van der Waals surface area contributed by atoms with E-state index in [1.165, 1.54) is 6.20 Å². The van der Waals surface area contributed by atoms with Crippen molar-refractivity contribution in [3.05, 3.63) is 17.5 Å². The first-order chi connectivity index (χ1) is 9.40. The molecule has 0 fully saturated rings. The van der Waals surface area contributed by atoms with Crippen LogP contribution in [0.1, 0.15) is 36.8 Å². The van der Waals surface area contributed by atoms with Crippen molar-refractivity contribution in [2.45, 2.75) is 39.8 Å². The molecular formula is C13H20FN3O3. The van der Waals surface area contributed by atoms with Crippen LogP contribution in [0.15, 0.2) is 6.20 Å². The van der Waals surface area contributed by atoms with Crippen LogP contribution >= 0.6 is 0 Å². The summed E-state index contributed by atoms with van der Waals surface area (Å²) in [4.78, 5) is 22.7. The van der Waals surface area contributed by atoms with Crippen molar-refractivity contribution >= 4 is 11.9 Å². The second-order valence-electron chi connectivity index (χ2n) is 4.95. The Bertz CT molecular complexity index is 485. The number of nitrogens with one attached hydrogen (secondary N) is 1. The molecule has 0 aliphatic heterocycles. The summed E-state index contributed by atoms with van der Waals surface area (Å²) >= 11 is 0. The number of alkyl halides is 1. The quantitative estimate of drug-likeness (QED) is 0.789. The maximum atomic E-state index is 12.5. The van der Waals surface area contributed by atoms with Crippen LogP contribution in [0.4, 0.5) is 4.39 Å². The summed E-state index contributed by atoms with van der Waals surface area (Å²) < 4.78 is 14.3. The van der Waals surface area contributed by atoms with E-state index in [0.29, 0.717) is 24.4 Å². The molecule has 7 heteroatoms. The third-order valence-electron chi connectivity index (χ3n) is 2.82. The molecule has 0 saturated carbocycles. The Kier molecular flexibility index (Phi) is 5.66. The molecule has 2 N–H and O–H groups in total. The largest absolute Gasteiger partial charge is 0.480 e. The lowest BCUT2D eigenvalue weighted by Crippen LogP contribution is -2.42. The summed E-state index contributed by atoms with van der Waals surface area (Å²) in [6, 6.07) is -1.53. The minimum absolute atomic E-state index is 0.299. The lowest BCUT2D eigenvalue weighted by atomic mass is 10.1. The van der Waals surface area contributed by atoms with Crippen molar-refractivity contribution < 1.29 is 19.1 Å². The molecule has 6 nitrogen and oxygen atoms in total. The van der Waals surface area contributed by atoms with E-state index in [1.54, 1.807) is 4.68 Å². The zero-order chi connectivity index (χ0) is 15.3. The van der Waals surface area contributed by atoms with Gasteiger partial charge in [0.25, 0.3) is 5.91 Å². The molecule has 0 aromatic carbocycles. The predicted molar refractivity (Wildman–Crippen MR) is 71.3 cm³/mol. The van der Waals surface area contributed by atoms with Gasteiger partial charge in [-0.1, -0.05) is 20.8 Å². The van der Waals surface area contributed by atoms with E-state index in [9.17, 15) is 14.0 Å². The van der Waals surface area contributed by atoms with Crippen molar-refractivity contribution in [2.24, 2.45) is 5.92 Å². The van der Waals surface area contributed by atoms with Crippen LogP contribution in [0, 0.1) is 5.92 Å². The van der Waals surface area contributed by atoms with Gasteiger partial charge in [-0.25, -0.2) is 9.18 Å². The number of halogens is 1. The van der Waals surface area contributed by atoms with Gasteiger partial charge in [-0.15, -0.1) is 0 Å². The fourth-order valence-electron chi connectivity index (χ4n) is 1.88. The molecule has 0 spiro atoms. The van der Waals surface area contributed by atoms with Crippen LogP contribution in [0.5, 0.6) is 0 Å². The van der Waals surface area contributed by atoms with Crippen LogP contribution < -0.4 is 5.32 Å². The Labute approximate surface area is 117 Å². The van der Waals surface area contributed by atoms with Gasteiger partial charge < -0.3 is 10.4 Å². The molecule has 20 heavy (non-hydrogen) atoms. The number of carboxylic acid groups (broad SMARTS) is 1. The van der Waals surface area contributed by atoms with Gasteiger partial charge in [-0.05, 0) is 12.3 Å². The topological polar surface area (TPSA) is 84.2 Å². The van der Waals surface area contributed by atoms with Gasteiger partial charge in [0.2, 0.25) is 0 Å². The highest BCUT2D eigenvalue weighted by atomic mass is 19.1. The summed E-state index contributed by atoms with van der Waals surface area (Å²) in [6.45, 7) is 5.47. The number of hydrogen-bond donors (Lipinski definition) is 2. The third kappa shape index (κ3) is 3.79. The number of rotatable bonds is 7. The highest BCUT2D eigenvalue weighted by molar-refractivity contribution is 5.97. The first-order valence-corrected chi connectivity index (χ1v) is 6.55. The summed E-state index contributed by atoms with van der Waals surface area (Å²) in [5.41, 5.74) is 1.02. The minimum Gasteiger partial charge on any atom is -0.480 e. The van der Waals surface area contributed by atoms with E-state index >= 15 is 0 Å². The van der Waals surface area contributed by atoms with Crippen molar-refractivity contribution in [2.75, 3.05) is 6.67 Å². The summed E-state index contributed by atoms with van der Waals surface area (Å²) in [7, 11) is 0. The maximum absolute atomic E-state index is 12.5. The Morgan fingerprint density at radius 2 is 2.15 bits per heavy atom. The highest BCUT2D eigenvalue weighted by Crippen LogP contribution is 2.12. The lowest BCUT2D eigenvalue weighted by molar-refractivity contribution is -0.139. The first-order valence-electron chi connectivity index (χ1n) is 6.55. The van der Waals surface area contributed by atoms with Crippen LogP contribution in [-0.2, 0) is 17.8 Å². The van der Waals surface area contributed by atoms with E-state index in [1.807, 2.05) is 20.8 Å². The van der Waals surface area contributed by atoms with Gasteiger partial charge in [0.05, 0.1) is 17.5 Å². The normalized spacial score (nSPS) is 12.4. The molecule has 1 unspecified atom stereocenters. The molecule has 0 radical (unpaired) electrons. The number of carboxylic acids is 1. The van der Waals surface area contributed by atoms with E-state index < -0.39 is 24.6 Å². The van der Waals surface area contributed by atoms with E-state index in [0.717, 1.165) is 5.69 Å². The zero-order valence-electron chi connectivity index (χ0n) is 11.9. The Morgan fingerprint density at radius 3 is 2.60 bits per heavy atom. The molecule has 0 aliphatic rings. The molecular weight excluding hydrogens is 265 g/mol. The van der Waals surface area contributed by atoms with Crippen LogP contribution in [0.3, 0.4) is 0 Å². The fourth-order valence-corrected chi connectivity index (χ4v) is 1.88. The van der Waals surface area contributed by atoms with Gasteiger partial charge in [-0.3, -0.25) is 9.48 Å². The molecule has 1 rings (SSSR count). The lowest BCUT2D eigenvalue weighted by Gasteiger charge is -2.12. The molecule has 1 amide bonds. The Hall–Kier alpha value is -1.92. The maximum Gasteiger partial charge on any atom is 0.328 e. The van der Waals surface area contributed by atoms with Gasteiger partial charge in [-0.2, -0.15) is 5.10 Å². The molecule has 112 valence electrons. The van der Waals surface area contributed by atoms with Crippen molar-refractivity contribution in [3.63, 3.8) is 0 Å². The molecule has 0 saturated heterocycles. The van der Waals surface area contributed by atoms with Gasteiger partial charge in [0, 0.05) is 6.54 Å². The number of amides is 1. The van der Waals surface area contributed by atoms with E-state index in [-0.39, 0.29) is 0 Å². The van der Waals surface area contributed by atoms with Gasteiger partial charge in [0.1, 0.15) is 6.67 Å². The molecule has 1 atom stereocenters. The number of carbonyl (C=O) groups excluding carboxylic acids is 1. The predicted octanol–water partition coefficient (Wildman–Crippen LogP) is 1.25. The highest BCUT2D eigenvalue weighted by Gasteiger charge is 2.23. The van der Waals surface area contributed by atoms with Crippen LogP contribution in [0.25, 0.3) is 0 Å². The number of aliphatic carboxylic acids is 1. The molecule has 0 aliphatic carbocycles. The second kappa shape index (κ2) is 7.02. The first kappa shape index (κ1) is 16.1. The number of carbonyl (C=O) groups is 2. The number of aromatic nitrogens is 2. The van der Waals surface area contributed by atoms with Crippen LogP contribution in [0.2, 0.25) is 0 Å². The average molecular weight is 285 g/mol. The average Bonchev–Trinajstić information content (AvgIpc) is 2.77. The Balaban J connectivity index is 2.93.